The number of hydrogen-bond acceptors (Lipinski definition) is 5. The van der Waals surface area contributed by atoms with Crippen molar-refractivity contribution in [3.63, 3.8) is 0 Å². The number of benzene rings is 2. The van der Waals surface area contributed by atoms with E-state index >= 15 is 0 Å². The number of hydrogen-bond donors (Lipinski definition) is 3. The van der Waals surface area contributed by atoms with Crippen molar-refractivity contribution in [3.05, 3.63) is 79.5 Å². The number of aryl methyl sites for hydroxylation is 1. The highest BCUT2D eigenvalue weighted by atomic mass is 79.9. The normalized spacial score (nSPS) is 10.9. The molecule has 3 rings (SSSR count). The fraction of sp³-hybridized carbons (Fsp3) is 0.130. The molecular weight excluding hydrogens is 574 g/mol. The SMILES string of the molecule is Cc1cc(/C=N/NC(=O)COc2ccc(Br)cc2Br)c(C)n1-c1cc(C(=O)O)cc(C(=O)O)c1. The third-order valence-electron chi connectivity index (χ3n) is 4.79. The monoisotopic (exact) mass is 591 g/mol. The number of rotatable bonds is 8. The lowest BCUT2D eigenvalue weighted by Gasteiger charge is -2.12. The van der Waals surface area contributed by atoms with Gasteiger partial charge in [-0.1, -0.05) is 15.9 Å². The molecule has 0 aliphatic rings. The molecule has 0 atom stereocenters. The van der Waals surface area contributed by atoms with Gasteiger partial charge in [-0.15, -0.1) is 0 Å². The third kappa shape index (κ3) is 5.91. The second kappa shape index (κ2) is 10.7. The highest BCUT2D eigenvalue weighted by Crippen LogP contribution is 2.28. The van der Waals surface area contributed by atoms with Crippen LogP contribution in [0.4, 0.5) is 0 Å². The molecule has 2 aromatic carbocycles. The van der Waals surface area contributed by atoms with E-state index < -0.39 is 17.8 Å². The average Bonchev–Trinajstić information content (AvgIpc) is 3.05. The Hall–Kier alpha value is -3.44. The zero-order chi connectivity index (χ0) is 25.0. The Morgan fingerprint density at radius 1 is 1.03 bits per heavy atom. The van der Waals surface area contributed by atoms with Gasteiger partial charge in [-0.25, -0.2) is 15.0 Å². The number of halogens is 2. The molecular formula is C23H19Br2N3O6. The molecule has 3 N–H and O–H groups in total. The average molecular weight is 593 g/mol. The Morgan fingerprint density at radius 2 is 1.68 bits per heavy atom. The van der Waals surface area contributed by atoms with Crippen LogP contribution >= 0.6 is 31.9 Å². The Bertz CT molecular complexity index is 1280. The minimum absolute atomic E-state index is 0.137. The molecule has 0 bridgehead atoms. The van der Waals surface area contributed by atoms with Crippen molar-refractivity contribution in [1.82, 2.24) is 9.99 Å². The number of nitrogens with one attached hydrogen (secondary N) is 1. The predicted molar refractivity (Wildman–Crippen MR) is 132 cm³/mol. The molecule has 11 heteroatoms. The van der Waals surface area contributed by atoms with Gasteiger partial charge in [0.05, 0.1) is 21.8 Å². The summed E-state index contributed by atoms with van der Waals surface area (Å²) >= 11 is 6.70. The van der Waals surface area contributed by atoms with Gasteiger partial charge in [-0.2, -0.15) is 5.10 Å². The number of hydrazone groups is 1. The molecule has 1 aromatic heterocycles. The molecule has 0 fully saturated rings. The number of aromatic nitrogens is 1. The molecule has 1 amide bonds. The highest BCUT2D eigenvalue weighted by Gasteiger charge is 2.16. The van der Waals surface area contributed by atoms with Crippen LogP contribution in [0.1, 0.15) is 37.7 Å². The second-order valence-corrected chi connectivity index (χ2v) is 8.97. The number of carbonyl (C=O) groups excluding carboxylic acids is 1. The molecule has 0 saturated heterocycles. The van der Waals surface area contributed by atoms with E-state index in [2.05, 4.69) is 42.4 Å². The van der Waals surface area contributed by atoms with Crippen molar-refractivity contribution < 1.29 is 29.3 Å². The summed E-state index contributed by atoms with van der Waals surface area (Å²) in [5.41, 5.74) is 4.58. The summed E-state index contributed by atoms with van der Waals surface area (Å²) in [6, 6.07) is 11.0. The molecule has 0 spiro atoms. The van der Waals surface area contributed by atoms with Crippen LogP contribution < -0.4 is 10.2 Å². The van der Waals surface area contributed by atoms with Crippen LogP contribution in [0.5, 0.6) is 5.75 Å². The first-order valence-corrected chi connectivity index (χ1v) is 11.4. The van der Waals surface area contributed by atoms with E-state index in [9.17, 15) is 24.6 Å². The number of carboxylic acids is 2. The molecule has 176 valence electrons. The molecule has 3 aromatic rings. The van der Waals surface area contributed by atoms with Gasteiger partial charge in [0.1, 0.15) is 5.75 Å². The predicted octanol–water partition coefficient (Wildman–Crippen LogP) is 4.54. The van der Waals surface area contributed by atoms with Crippen LogP contribution in [-0.2, 0) is 4.79 Å². The molecule has 0 aliphatic carbocycles. The van der Waals surface area contributed by atoms with E-state index in [0.717, 1.165) is 16.2 Å². The summed E-state index contributed by atoms with van der Waals surface area (Å²) in [4.78, 5) is 35.0. The van der Waals surface area contributed by atoms with Crippen LogP contribution in [0, 0.1) is 13.8 Å². The van der Waals surface area contributed by atoms with Gasteiger partial charge in [0.25, 0.3) is 5.91 Å². The summed E-state index contributed by atoms with van der Waals surface area (Å²) in [5.74, 6) is -2.40. The van der Waals surface area contributed by atoms with Crippen molar-refractivity contribution in [2.45, 2.75) is 13.8 Å². The first-order valence-electron chi connectivity index (χ1n) is 9.77. The molecule has 0 aliphatic heterocycles. The number of ether oxygens (including phenoxy) is 1. The first-order chi connectivity index (χ1) is 16.1. The maximum absolute atomic E-state index is 12.1. The van der Waals surface area contributed by atoms with Crippen LogP contribution in [-0.4, -0.2) is 45.4 Å². The van der Waals surface area contributed by atoms with E-state index in [1.165, 1.54) is 18.3 Å². The number of nitrogens with zero attached hydrogens (tertiary/aromatic N) is 2. The van der Waals surface area contributed by atoms with Crippen molar-refractivity contribution in [3.8, 4) is 11.4 Å². The van der Waals surface area contributed by atoms with Crippen molar-refractivity contribution in [2.75, 3.05) is 6.61 Å². The van der Waals surface area contributed by atoms with Gasteiger partial charge in [0.15, 0.2) is 6.61 Å². The van der Waals surface area contributed by atoms with Crippen molar-refractivity contribution in [1.29, 1.82) is 0 Å². The standard InChI is InChI=1S/C23H19Br2N3O6/c1-12-5-16(10-26-27-21(29)11-34-20-4-3-17(24)9-19(20)25)13(2)28(12)18-7-14(22(30)31)6-15(8-18)23(32)33/h3-10H,11H2,1-2H3,(H,27,29)(H,30,31)(H,32,33)/b26-10+. The van der Waals surface area contributed by atoms with Gasteiger partial charge in [-0.3, -0.25) is 4.79 Å². The highest BCUT2D eigenvalue weighted by molar-refractivity contribution is 9.11. The zero-order valence-corrected chi connectivity index (χ0v) is 21.2. The topological polar surface area (TPSA) is 130 Å². The van der Waals surface area contributed by atoms with Crippen molar-refractivity contribution in [2.24, 2.45) is 5.10 Å². The molecule has 0 saturated carbocycles. The van der Waals surface area contributed by atoms with E-state index in [-0.39, 0.29) is 17.7 Å². The summed E-state index contributed by atoms with van der Waals surface area (Å²) in [5, 5.41) is 22.6. The maximum Gasteiger partial charge on any atom is 0.335 e. The quantitative estimate of drug-likeness (QED) is 0.260. The van der Waals surface area contributed by atoms with Gasteiger partial charge < -0.3 is 19.5 Å². The minimum atomic E-state index is -1.23. The van der Waals surface area contributed by atoms with Crippen LogP contribution in [0.15, 0.2) is 56.5 Å². The Kier molecular flexibility index (Phi) is 7.90. The first kappa shape index (κ1) is 25.2. The van der Waals surface area contributed by atoms with Gasteiger partial charge in [-0.05, 0) is 72.2 Å². The van der Waals surface area contributed by atoms with E-state index in [4.69, 9.17) is 4.74 Å². The Labute approximate surface area is 211 Å². The lowest BCUT2D eigenvalue weighted by atomic mass is 10.1. The third-order valence-corrected chi connectivity index (χ3v) is 5.90. The summed E-state index contributed by atoms with van der Waals surface area (Å²) in [6.07, 6.45) is 1.45. The largest absolute Gasteiger partial charge is 0.483 e. The molecule has 9 nitrogen and oxygen atoms in total. The van der Waals surface area contributed by atoms with E-state index in [1.54, 1.807) is 42.7 Å². The number of amides is 1. The summed E-state index contributed by atoms with van der Waals surface area (Å²) in [7, 11) is 0. The van der Waals surface area contributed by atoms with Crippen molar-refractivity contribution >= 4 is 55.9 Å². The van der Waals surface area contributed by atoms with Gasteiger partial charge in [0, 0.05) is 27.1 Å². The number of carboxylic acid groups (broad SMARTS) is 2. The smallest absolute Gasteiger partial charge is 0.335 e. The molecule has 0 radical (unpaired) electrons. The van der Waals surface area contributed by atoms with Gasteiger partial charge in [0.2, 0.25) is 0 Å². The van der Waals surface area contributed by atoms with Gasteiger partial charge >= 0.3 is 11.9 Å². The fourth-order valence-electron chi connectivity index (χ4n) is 3.24. The lowest BCUT2D eigenvalue weighted by Crippen LogP contribution is -2.24. The van der Waals surface area contributed by atoms with Crippen LogP contribution in [0.2, 0.25) is 0 Å². The second-order valence-electron chi connectivity index (χ2n) is 7.20. The maximum atomic E-state index is 12.1. The summed E-state index contributed by atoms with van der Waals surface area (Å²) < 4.78 is 8.75. The minimum Gasteiger partial charge on any atom is -0.483 e. The number of aromatic carboxylic acids is 2. The van der Waals surface area contributed by atoms with Crippen LogP contribution in [0.3, 0.4) is 0 Å². The zero-order valence-electron chi connectivity index (χ0n) is 18.0. The molecule has 34 heavy (non-hydrogen) atoms. The van der Waals surface area contributed by atoms with E-state index in [1.807, 2.05) is 0 Å². The van der Waals surface area contributed by atoms with E-state index in [0.29, 0.717) is 27.2 Å². The summed E-state index contributed by atoms with van der Waals surface area (Å²) in [6.45, 7) is 3.33. The Balaban J connectivity index is 1.75. The molecule has 0 unspecified atom stereocenters. The molecule has 1 heterocycles. The lowest BCUT2D eigenvalue weighted by molar-refractivity contribution is -0.123. The Morgan fingerprint density at radius 3 is 2.26 bits per heavy atom. The number of carbonyl (C=O) groups is 3. The fourth-order valence-corrected chi connectivity index (χ4v) is 4.41. The van der Waals surface area contributed by atoms with Crippen LogP contribution in [0.25, 0.3) is 5.69 Å².